The number of nitrogens with zero attached hydrogens (tertiary/aromatic N) is 1. The number of benzene rings is 1. The molecule has 0 bridgehead atoms. The molecule has 1 aliphatic heterocycles. The van der Waals surface area contributed by atoms with Crippen molar-refractivity contribution in [2.45, 2.75) is 25.5 Å². The minimum absolute atomic E-state index is 0.352. The zero-order valence-corrected chi connectivity index (χ0v) is 12.9. The van der Waals surface area contributed by atoms with Crippen LogP contribution < -0.4 is 10.5 Å². The molecule has 0 saturated carbocycles. The lowest BCUT2D eigenvalue weighted by molar-refractivity contribution is 0.0791. The summed E-state index contributed by atoms with van der Waals surface area (Å²) in [7, 11) is 3.77. The van der Waals surface area contributed by atoms with E-state index in [1.807, 2.05) is 18.2 Å². The fourth-order valence-electron chi connectivity index (χ4n) is 2.55. The topological polar surface area (TPSA) is 47.7 Å². The molecule has 1 saturated heterocycles. The Morgan fingerprint density at radius 3 is 2.95 bits per heavy atom. The van der Waals surface area contributed by atoms with Crippen LogP contribution in [0.15, 0.2) is 18.2 Å². The number of likely N-dealkylation sites (N-methyl/N-ethyl adjacent to an activating group) is 1. The number of methoxy groups -OCH3 is 1. The maximum Gasteiger partial charge on any atom is 0.123 e. The number of hydrogen-bond acceptors (Lipinski definition) is 4. The Morgan fingerprint density at radius 2 is 2.35 bits per heavy atom. The molecule has 0 aliphatic carbocycles. The Hall–Kier alpha value is -1.17. The van der Waals surface area contributed by atoms with Gasteiger partial charge >= 0.3 is 0 Å². The highest BCUT2D eigenvalue weighted by Gasteiger charge is 2.18. The van der Waals surface area contributed by atoms with E-state index in [4.69, 9.17) is 27.4 Å². The summed E-state index contributed by atoms with van der Waals surface area (Å²) < 4.78 is 11.1. The molecule has 1 atom stereocenters. The molecule has 4 nitrogen and oxygen atoms in total. The molecule has 1 aromatic rings. The fourth-order valence-corrected chi connectivity index (χ4v) is 2.67. The van der Waals surface area contributed by atoms with Gasteiger partial charge in [-0.15, -0.1) is 0 Å². The van der Waals surface area contributed by atoms with Crippen LogP contribution in [-0.2, 0) is 11.3 Å². The van der Waals surface area contributed by atoms with Gasteiger partial charge in [-0.1, -0.05) is 12.2 Å². The van der Waals surface area contributed by atoms with Crippen LogP contribution in [0.3, 0.4) is 0 Å². The van der Waals surface area contributed by atoms with Gasteiger partial charge < -0.3 is 15.2 Å². The number of hydrogen-bond donors (Lipinski definition) is 1. The Kier molecular flexibility index (Phi) is 5.34. The predicted octanol–water partition coefficient (Wildman–Crippen LogP) is 1.94. The Balaban J connectivity index is 2.05. The fraction of sp³-hybridized carbons (Fsp3) is 0.533. The van der Waals surface area contributed by atoms with Gasteiger partial charge in [-0.25, -0.2) is 0 Å². The zero-order valence-electron chi connectivity index (χ0n) is 12.1. The SMILES string of the molecule is COc1ccc(C(N)=S)cc1CN(C)CC1CCCO1. The summed E-state index contributed by atoms with van der Waals surface area (Å²) >= 11 is 5.03. The van der Waals surface area contributed by atoms with Crippen molar-refractivity contribution >= 4 is 17.2 Å². The number of thiocarbonyl (C=S) groups is 1. The molecule has 0 aromatic heterocycles. The minimum Gasteiger partial charge on any atom is -0.496 e. The van der Waals surface area contributed by atoms with Crippen molar-refractivity contribution in [2.24, 2.45) is 5.73 Å². The second-order valence-electron chi connectivity index (χ2n) is 5.22. The van der Waals surface area contributed by atoms with Crippen molar-refractivity contribution in [3.8, 4) is 5.75 Å². The van der Waals surface area contributed by atoms with Gasteiger partial charge in [0.1, 0.15) is 10.7 Å². The second-order valence-corrected chi connectivity index (χ2v) is 5.66. The van der Waals surface area contributed by atoms with Crippen molar-refractivity contribution in [3.63, 3.8) is 0 Å². The summed E-state index contributed by atoms with van der Waals surface area (Å²) in [4.78, 5) is 2.66. The molecule has 1 fully saturated rings. The third-order valence-corrected chi connectivity index (χ3v) is 3.78. The first-order valence-corrected chi connectivity index (χ1v) is 7.28. The van der Waals surface area contributed by atoms with Crippen LogP contribution in [0.2, 0.25) is 0 Å². The van der Waals surface area contributed by atoms with Gasteiger partial charge in [0.2, 0.25) is 0 Å². The minimum atomic E-state index is 0.352. The molecular weight excluding hydrogens is 272 g/mol. The molecule has 5 heteroatoms. The quantitative estimate of drug-likeness (QED) is 0.813. The highest BCUT2D eigenvalue weighted by molar-refractivity contribution is 7.80. The molecule has 1 heterocycles. The molecule has 1 aliphatic rings. The van der Waals surface area contributed by atoms with Crippen LogP contribution in [0.25, 0.3) is 0 Å². The van der Waals surface area contributed by atoms with Gasteiger partial charge in [0.25, 0.3) is 0 Å². The third kappa shape index (κ3) is 3.91. The predicted molar refractivity (Wildman–Crippen MR) is 84.2 cm³/mol. The van der Waals surface area contributed by atoms with E-state index in [0.29, 0.717) is 11.1 Å². The van der Waals surface area contributed by atoms with Crippen molar-refractivity contribution in [2.75, 3.05) is 27.3 Å². The number of nitrogens with two attached hydrogens (primary N) is 1. The van der Waals surface area contributed by atoms with Gasteiger partial charge in [-0.2, -0.15) is 0 Å². The molecule has 2 rings (SSSR count). The number of rotatable bonds is 6. The maximum atomic E-state index is 5.69. The van der Waals surface area contributed by atoms with Crippen LogP contribution >= 0.6 is 12.2 Å². The van der Waals surface area contributed by atoms with Crippen LogP contribution in [0.5, 0.6) is 5.75 Å². The number of ether oxygens (including phenoxy) is 2. The third-order valence-electron chi connectivity index (χ3n) is 3.54. The van der Waals surface area contributed by atoms with E-state index >= 15 is 0 Å². The molecule has 110 valence electrons. The van der Waals surface area contributed by atoms with E-state index in [1.165, 1.54) is 6.42 Å². The van der Waals surface area contributed by atoms with Crippen molar-refractivity contribution in [1.82, 2.24) is 4.90 Å². The summed E-state index contributed by atoms with van der Waals surface area (Å²) in [6.07, 6.45) is 2.66. The molecule has 2 N–H and O–H groups in total. The van der Waals surface area contributed by atoms with Crippen LogP contribution in [0.4, 0.5) is 0 Å². The van der Waals surface area contributed by atoms with Crippen LogP contribution in [-0.4, -0.2) is 43.3 Å². The van der Waals surface area contributed by atoms with Gasteiger partial charge in [0, 0.05) is 30.8 Å². The van der Waals surface area contributed by atoms with E-state index in [0.717, 1.165) is 43.0 Å². The van der Waals surface area contributed by atoms with Gasteiger partial charge in [0.05, 0.1) is 13.2 Å². The molecule has 0 radical (unpaired) electrons. The average Bonchev–Trinajstić information content (AvgIpc) is 2.91. The van der Waals surface area contributed by atoms with E-state index in [2.05, 4.69) is 11.9 Å². The standard InChI is InChI=1S/C15H22N2O2S/c1-17(10-13-4-3-7-19-13)9-12-8-11(15(16)20)5-6-14(12)18-2/h5-6,8,13H,3-4,7,9-10H2,1-2H3,(H2,16,20). The first kappa shape index (κ1) is 15.2. The first-order chi connectivity index (χ1) is 9.60. The molecule has 1 aromatic carbocycles. The lowest BCUT2D eigenvalue weighted by atomic mass is 10.1. The molecule has 0 spiro atoms. The lowest BCUT2D eigenvalue weighted by Gasteiger charge is -2.22. The largest absolute Gasteiger partial charge is 0.496 e. The summed E-state index contributed by atoms with van der Waals surface area (Å²) in [6, 6.07) is 5.82. The van der Waals surface area contributed by atoms with Gasteiger partial charge in [-0.05, 0) is 38.1 Å². The second kappa shape index (κ2) is 7.02. The Morgan fingerprint density at radius 1 is 1.55 bits per heavy atom. The van der Waals surface area contributed by atoms with Gasteiger partial charge in [-0.3, -0.25) is 4.90 Å². The Bertz CT molecular complexity index is 473. The zero-order chi connectivity index (χ0) is 14.5. The van der Waals surface area contributed by atoms with Crippen molar-refractivity contribution in [3.05, 3.63) is 29.3 Å². The summed E-state index contributed by atoms with van der Waals surface area (Å²) in [5.74, 6) is 0.865. The highest BCUT2D eigenvalue weighted by Crippen LogP contribution is 2.22. The summed E-state index contributed by atoms with van der Waals surface area (Å²) in [5.41, 5.74) is 7.67. The smallest absolute Gasteiger partial charge is 0.123 e. The molecule has 20 heavy (non-hydrogen) atoms. The monoisotopic (exact) mass is 294 g/mol. The van der Waals surface area contributed by atoms with Crippen molar-refractivity contribution < 1.29 is 9.47 Å². The maximum absolute atomic E-state index is 5.69. The lowest BCUT2D eigenvalue weighted by Crippen LogP contribution is -2.28. The average molecular weight is 294 g/mol. The van der Waals surface area contributed by atoms with Crippen molar-refractivity contribution in [1.29, 1.82) is 0 Å². The normalized spacial score (nSPS) is 18.4. The van der Waals surface area contributed by atoms with Crippen LogP contribution in [0.1, 0.15) is 24.0 Å². The molecule has 0 amide bonds. The summed E-state index contributed by atoms with van der Waals surface area (Å²) in [5, 5.41) is 0. The van der Waals surface area contributed by atoms with Gasteiger partial charge in [0.15, 0.2) is 0 Å². The highest BCUT2D eigenvalue weighted by atomic mass is 32.1. The Labute approximate surface area is 125 Å². The van der Waals surface area contributed by atoms with E-state index in [-0.39, 0.29) is 0 Å². The summed E-state index contributed by atoms with van der Waals surface area (Å²) in [6.45, 7) is 2.61. The van der Waals surface area contributed by atoms with E-state index in [1.54, 1.807) is 7.11 Å². The first-order valence-electron chi connectivity index (χ1n) is 6.87. The van der Waals surface area contributed by atoms with E-state index in [9.17, 15) is 0 Å². The van der Waals surface area contributed by atoms with Crippen LogP contribution in [0, 0.1) is 0 Å². The van der Waals surface area contributed by atoms with E-state index < -0.39 is 0 Å². The molecule has 1 unspecified atom stereocenters. The molecular formula is C15H22N2O2S.